The van der Waals surface area contributed by atoms with E-state index in [0.29, 0.717) is 11.7 Å². The topological polar surface area (TPSA) is 64.8 Å². The Bertz CT molecular complexity index is 1130. The van der Waals surface area contributed by atoms with Gasteiger partial charge in [-0.15, -0.1) is 5.10 Å². The second-order valence-corrected chi connectivity index (χ2v) is 6.86. The predicted octanol–water partition coefficient (Wildman–Crippen LogP) is 3.30. The Labute approximate surface area is 168 Å². The lowest BCUT2D eigenvalue weighted by Gasteiger charge is -2.29. The van der Waals surface area contributed by atoms with E-state index in [1.165, 1.54) is 5.69 Å². The smallest absolute Gasteiger partial charge is 0.212 e. The maximum Gasteiger partial charge on any atom is 0.212 e. The van der Waals surface area contributed by atoms with E-state index in [1.807, 2.05) is 41.0 Å². The molecule has 0 unspecified atom stereocenters. The summed E-state index contributed by atoms with van der Waals surface area (Å²) < 4.78 is 12.4. The summed E-state index contributed by atoms with van der Waals surface area (Å²) in [5.74, 6) is 1.29. The maximum absolute atomic E-state index is 5.46. The van der Waals surface area contributed by atoms with Crippen molar-refractivity contribution in [2.24, 2.45) is 0 Å². The highest BCUT2D eigenvalue weighted by Crippen LogP contribution is 2.28. The summed E-state index contributed by atoms with van der Waals surface area (Å²) in [6.07, 6.45) is 3.71. The zero-order valence-electron chi connectivity index (χ0n) is 16.2. The van der Waals surface area contributed by atoms with Crippen molar-refractivity contribution < 1.29 is 9.47 Å². The molecule has 146 valence electrons. The van der Waals surface area contributed by atoms with Crippen LogP contribution in [-0.4, -0.2) is 53.0 Å². The van der Waals surface area contributed by atoms with Gasteiger partial charge in [-0.2, -0.15) is 0 Å². The molecule has 3 aromatic heterocycles. The molecule has 1 aliphatic heterocycles. The minimum Gasteiger partial charge on any atom is -0.481 e. The van der Waals surface area contributed by atoms with Gasteiger partial charge in [-0.05, 0) is 30.3 Å². The monoisotopic (exact) mass is 387 g/mol. The van der Waals surface area contributed by atoms with Crippen LogP contribution in [-0.2, 0) is 4.74 Å². The van der Waals surface area contributed by atoms with Crippen LogP contribution < -0.4 is 9.64 Å². The fourth-order valence-electron chi connectivity index (χ4n) is 3.58. The van der Waals surface area contributed by atoms with Crippen LogP contribution in [0.4, 0.5) is 5.69 Å². The molecule has 0 bridgehead atoms. The fourth-order valence-corrected chi connectivity index (χ4v) is 3.58. The van der Waals surface area contributed by atoms with Gasteiger partial charge in [0.05, 0.1) is 20.3 Å². The molecule has 0 aliphatic carbocycles. The highest BCUT2D eigenvalue weighted by molar-refractivity contribution is 5.78. The van der Waals surface area contributed by atoms with Crippen molar-refractivity contribution in [1.29, 1.82) is 0 Å². The average Bonchev–Trinajstić information content (AvgIpc) is 3.24. The summed E-state index contributed by atoms with van der Waals surface area (Å²) in [4.78, 5) is 11.5. The predicted molar refractivity (Wildman–Crippen MR) is 111 cm³/mol. The third-order valence-corrected chi connectivity index (χ3v) is 5.10. The number of ether oxygens (including phenoxy) is 2. The standard InChI is InChI=1S/C22H21N5O2/c1-28-20-8-7-17(15-23-20)19-6-3-9-27-22(19)24-21(25-27)16-4-2-5-18(14-16)26-10-12-29-13-11-26/h2-9,14-15H,10-13H2,1H3. The van der Waals surface area contributed by atoms with E-state index in [-0.39, 0.29) is 0 Å². The zero-order chi connectivity index (χ0) is 19.6. The van der Waals surface area contributed by atoms with Crippen LogP contribution >= 0.6 is 0 Å². The van der Waals surface area contributed by atoms with Gasteiger partial charge in [0, 0.05) is 53.9 Å². The average molecular weight is 387 g/mol. The van der Waals surface area contributed by atoms with Gasteiger partial charge >= 0.3 is 0 Å². The summed E-state index contributed by atoms with van der Waals surface area (Å²) in [7, 11) is 1.61. The van der Waals surface area contributed by atoms with E-state index < -0.39 is 0 Å². The zero-order valence-corrected chi connectivity index (χ0v) is 16.2. The van der Waals surface area contributed by atoms with Gasteiger partial charge < -0.3 is 14.4 Å². The molecule has 5 rings (SSSR count). The molecule has 0 radical (unpaired) electrons. The minimum atomic E-state index is 0.586. The summed E-state index contributed by atoms with van der Waals surface area (Å²) in [5.41, 5.74) is 4.91. The number of nitrogens with zero attached hydrogens (tertiary/aromatic N) is 5. The molecule has 4 aromatic rings. The minimum absolute atomic E-state index is 0.586. The van der Waals surface area contributed by atoms with E-state index in [2.05, 4.69) is 28.1 Å². The van der Waals surface area contributed by atoms with Crippen molar-refractivity contribution in [2.75, 3.05) is 38.3 Å². The van der Waals surface area contributed by atoms with Gasteiger partial charge in [-0.25, -0.2) is 14.5 Å². The van der Waals surface area contributed by atoms with Crippen molar-refractivity contribution in [3.05, 3.63) is 60.9 Å². The van der Waals surface area contributed by atoms with Crippen molar-refractivity contribution in [3.8, 4) is 28.4 Å². The molecule has 1 aliphatic rings. The van der Waals surface area contributed by atoms with Crippen LogP contribution in [0.5, 0.6) is 5.88 Å². The van der Waals surface area contributed by atoms with E-state index in [0.717, 1.165) is 48.6 Å². The van der Waals surface area contributed by atoms with Crippen LogP contribution in [0.2, 0.25) is 0 Å². The molecule has 1 fully saturated rings. The van der Waals surface area contributed by atoms with Crippen LogP contribution in [0.15, 0.2) is 60.9 Å². The van der Waals surface area contributed by atoms with Gasteiger partial charge in [0.1, 0.15) is 0 Å². The third kappa shape index (κ3) is 3.40. The number of hydrogen-bond acceptors (Lipinski definition) is 6. The summed E-state index contributed by atoms with van der Waals surface area (Å²) in [6, 6.07) is 16.2. The number of morpholine rings is 1. The number of methoxy groups -OCH3 is 1. The van der Waals surface area contributed by atoms with E-state index >= 15 is 0 Å². The molecule has 1 aromatic carbocycles. The number of anilines is 1. The van der Waals surface area contributed by atoms with E-state index in [9.17, 15) is 0 Å². The van der Waals surface area contributed by atoms with Crippen molar-refractivity contribution in [1.82, 2.24) is 19.6 Å². The fraction of sp³-hybridized carbons (Fsp3) is 0.227. The van der Waals surface area contributed by atoms with Gasteiger partial charge in [-0.1, -0.05) is 12.1 Å². The van der Waals surface area contributed by atoms with Gasteiger partial charge in [0.15, 0.2) is 11.5 Å². The van der Waals surface area contributed by atoms with Crippen LogP contribution in [0.1, 0.15) is 0 Å². The second-order valence-electron chi connectivity index (χ2n) is 6.86. The van der Waals surface area contributed by atoms with Crippen molar-refractivity contribution in [2.45, 2.75) is 0 Å². The van der Waals surface area contributed by atoms with Crippen molar-refractivity contribution >= 4 is 11.3 Å². The highest BCUT2D eigenvalue weighted by atomic mass is 16.5. The number of hydrogen-bond donors (Lipinski definition) is 0. The first kappa shape index (κ1) is 17.6. The molecule has 0 amide bonds. The summed E-state index contributed by atoms with van der Waals surface area (Å²) in [5, 5.41) is 4.71. The second kappa shape index (κ2) is 7.52. The molecule has 29 heavy (non-hydrogen) atoms. The number of aromatic nitrogens is 4. The lowest BCUT2D eigenvalue weighted by Crippen LogP contribution is -2.36. The first-order valence-electron chi connectivity index (χ1n) is 9.61. The highest BCUT2D eigenvalue weighted by Gasteiger charge is 2.15. The van der Waals surface area contributed by atoms with Crippen LogP contribution in [0.3, 0.4) is 0 Å². The first-order valence-corrected chi connectivity index (χ1v) is 9.61. The number of pyridine rings is 2. The quantitative estimate of drug-likeness (QED) is 0.535. The largest absolute Gasteiger partial charge is 0.481 e. The number of benzene rings is 1. The van der Waals surface area contributed by atoms with E-state index in [1.54, 1.807) is 13.3 Å². The lowest BCUT2D eigenvalue weighted by atomic mass is 10.1. The molecule has 0 atom stereocenters. The summed E-state index contributed by atoms with van der Waals surface area (Å²) >= 11 is 0. The molecular weight excluding hydrogens is 366 g/mol. The van der Waals surface area contributed by atoms with Gasteiger partial charge in [0.25, 0.3) is 0 Å². The third-order valence-electron chi connectivity index (χ3n) is 5.10. The molecule has 0 saturated carbocycles. The Balaban J connectivity index is 1.53. The molecule has 0 spiro atoms. The lowest BCUT2D eigenvalue weighted by molar-refractivity contribution is 0.122. The summed E-state index contributed by atoms with van der Waals surface area (Å²) in [6.45, 7) is 3.32. The Morgan fingerprint density at radius 2 is 1.90 bits per heavy atom. The first-order chi connectivity index (χ1) is 14.3. The molecular formula is C22H21N5O2. The molecule has 7 nitrogen and oxygen atoms in total. The normalized spacial score (nSPS) is 14.3. The Morgan fingerprint density at radius 3 is 2.69 bits per heavy atom. The van der Waals surface area contributed by atoms with Crippen LogP contribution in [0, 0.1) is 0 Å². The number of rotatable bonds is 4. The van der Waals surface area contributed by atoms with Crippen LogP contribution in [0.25, 0.3) is 28.2 Å². The molecule has 0 N–H and O–H groups in total. The van der Waals surface area contributed by atoms with Gasteiger partial charge in [0.2, 0.25) is 5.88 Å². The Hall–Kier alpha value is -3.45. The molecule has 1 saturated heterocycles. The number of fused-ring (bicyclic) bond motifs is 1. The molecule has 4 heterocycles. The Kier molecular flexibility index (Phi) is 4.57. The maximum atomic E-state index is 5.46. The van der Waals surface area contributed by atoms with Crippen molar-refractivity contribution in [3.63, 3.8) is 0 Å². The van der Waals surface area contributed by atoms with Gasteiger partial charge in [-0.3, -0.25) is 0 Å². The SMILES string of the molecule is COc1ccc(-c2cccn3nc(-c4cccc(N5CCOCC5)c4)nc23)cn1. The molecule has 7 heteroatoms. The van der Waals surface area contributed by atoms with E-state index in [4.69, 9.17) is 19.6 Å². The Morgan fingerprint density at radius 1 is 1.00 bits per heavy atom.